The monoisotopic (exact) mass is 333 g/mol. The zero-order valence-electron chi connectivity index (χ0n) is 8.96. The Bertz CT molecular complexity index is 580. The number of ether oxygens (including phenoxy) is 1. The number of alkyl halides is 1. The number of benzene rings is 1. The largest absolute Gasteiger partial charge is 0.454 e. The third-order valence-electron chi connectivity index (χ3n) is 2.18. The van der Waals surface area contributed by atoms with Crippen molar-refractivity contribution in [1.82, 2.24) is 4.98 Å². The summed E-state index contributed by atoms with van der Waals surface area (Å²) in [5.41, 5.74) is 0.596. The van der Waals surface area contributed by atoms with Gasteiger partial charge in [-0.2, -0.15) is 4.39 Å². The van der Waals surface area contributed by atoms with Crippen molar-refractivity contribution < 1.29 is 13.5 Å². The van der Waals surface area contributed by atoms with E-state index in [2.05, 4.69) is 20.9 Å². The van der Waals surface area contributed by atoms with Crippen LogP contribution in [0.1, 0.15) is 5.56 Å². The van der Waals surface area contributed by atoms with Crippen LogP contribution in [0.25, 0.3) is 0 Å². The lowest BCUT2D eigenvalue weighted by Gasteiger charge is -2.10. The van der Waals surface area contributed by atoms with E-state index in [1.807, 2.05) is 0 Å². The van der Waals surface area contributed by atoms with Gasteiger partial charge in [-0.15, -0.1) is 11.6 Å². The maximum atomic E-state index is 13.5. The van der Waals surface area contributed by atoms with Gasteiger partial charge < -0.3 is 4.74 Å². The van der Waals surface area contributed by atoms with Gasteiger partial charge in [0, 0.05) is 22.4 Å². The first kappa shape index (κ1) is 13.2. The number of aromatic nitrogens is 1. The molecule has 0 bridgehead atoms. The average molecular weight is 335 g/mol. The van der Waals surface area contributed by atoms with E-state index >= 15 is 0 Å². The van der Waals surface area contributed by atoms with Gasteiger partial charge in [0.05, 0.1) is 5.88 Å². The predicted octanol–water partition coefficient (Wildman–Crippen LogP) is 4.65. The van der Waals surface area contributed by atoms with E-state index in [4.69, 9.17) is 16.3 Å². The fraction of sp³-hybridized carbons (Fsp3) is 0.0833. The predicted molar refractivity (Wildman–Crippen MR) is 67.9 cm³/mol. The first-order valence-corrected chi connectivity index (χ1v) is 6.26. The summed E-state index contributed by atoms with van der Waals surface area (Å²) < 4.78 is 32.4. The molecule has 6 heteroatoms. The van der Waals surface area contributed by atoms with Crippen LogP contribution < -0.4 is 4.74 Å². The quantitative estimate of drug-likeness (QED) is 0.602. The van der Waals surface area contributed by atoms with Crippen molar-refractivity contribution in [1.29, 1.82) is 0 Å². The summed E-state index contributed by atoms with van der Waals surface area (Å²) in [6.45, 7) is 0. The minimum absolute atomic E-state index is 0.168. The summed E-state index contributed by atoms with van der Waals surface area (Å²) in [6.07, 6.45) is 2.99. The molecule has 2 aromatic rings. The molecule has 0 aliphatic rings. The van der Waals surface area contributed by atoms with Crippen LogP contribution >= 0.6 is 27.5 Å². The van der Waals surface area contributed by atoms with Gasteiger partial charge >= 0.3 is 0 Å². The second kappa shape index (κ2) is 5.63. The van der Waals surface area contributed by atoms with E-state index in [0.717, 1.165) is 6.07 Å². The van der Waals surface area contributed by atoms with Crippen molar-refractivity contribution >= 4 is 27.5 Å². The normalized spacial score (nSPS) is 10.4. The summed E-state index contributed by atoms with van der Waals surface area (Å²) in [5, 5.41) is 0. The van der Waals surface area contributed by atoms with Crippen molar-refractivity contribution in [2.24, 2.45) is 0 Å². The molecular weight excluding hydrogens is 327 g/mol. The fourth-order valence-electron chi connectivity index (χ4n) is 1.34. The summed E-state index contributed by atoms with van der Waals surface area (Å²) >= 11 is 8.77. The highest BCUT2D eigenvalue weighted by molar-refractivity contribution is 9.10. The SMILES string of the molecule is Fc1cc(Br)cc(Oc2ccncc2CCl)c1F. The minimum Gasteiger partial charge on any atom is -0.454 e. The van der Waals surface area contributed by atoms with E-state index in [1.165, 1.54) is 24.5 Å². The molecule has 0 amide bonds. The van der Waals surface area contributed by atoms with Crippen LogP contribution in [0.5, 0.6) is 11.5 Å². The molecule has 0 atom stereocenters. The topological polar surface area (TPSA) is 22.1 Å². The standard InChI is InChI=1S/C12H7BrClF2NO/c13-8-3-9(15)12(16)11(4-8)18-10-1-2-17-6-7(10)5-14/h1-4,6H,5H2. The van der Waals surface area contributed by atoms with Gasteiger partial charge in [-0.05, 0) is 18.2 Å². The van der Waals surface area contributed by atoms with Crippen LogP contribution in [-0.4, -0.2) is 4.98 Å². The molecule has 2 rings (SSSR count). The van der Waals surface area contributed by atoms with E-state index in [-0.39, 0.29) is 11.6 Å². The first-order chi connectivity index (χ1) is 8.61. The van der Waals surface area contributed by atoms with Crippen LogP contribution in [-0.2, 0) is 5.88 Å². The summed E-state index contributed by atoms with van der Waals surface area (Å²) in [5.74, 6) is -1.73. The molecule has 0 radical (unpaired) electrons. The van der Waals surface area contributed by atoms with Gasteiger partial charge in [0.25, 0.3) is 0 Å². The maximum Gasteiger partial charge on any atom is 0.201 e. The Balaban J connectivity index is 2.40. The number of halogens is 4. The highest BCUT2D eigenvalue weighted by atomic mass is 79.9. The molecule has 0 saturated carbocycles. The Hall–Kier alpha value is -1.20. The minimum atomic E-state index is -1.05. The van der Waals surface area contributed by atoms with E-state index in [9.17, 15) is 8.78 Å². The number of hydrogen-bond donors (Lipinski definition) is 0. The molecule has 18 heavy (non-hydrogen) atoms. The number of hydrogen-bond acceptors (Lipinski definition) is 2. The third kappa shape index (κ3) is 2.79. The van der Waals surface area contributed by atoms with Crippen molar-refractivity contribution in [3.63, 3.8) is 0 Å². The Morgan fingerprint density at radius 1 is 1.28 bits per heavy atom. The molecule has 0 saturated heterocycles. The molecule has 0 spiro atoms. The molecule has 2 nitrogen and oxygen atoms in total. The second-order valence-corrected chi connectivity index (χ2v) is 4.60. The highest BCUT2D eigenvalue weighted by Crippen LogP contribution is 2.31. The molecule has 0 unspecified atom stereocenters. The van der Waals surface area contributed by atoms with Gasteiger partial charge in [0.1, 0.15) is 5.75 Å². The molecule has 0 aliphatic heterocycles. The molecular formula is C12H7BrClF2NO. The van der Waals surface area contributed by atoms with E-state index in [0.29, 0.717) is 15.8 Å². The fourth-order valence-corrected chi connectivity index (χ4v) is 1.95. The van der Waals surface area contributed by atoms with Gasteiger partial charge in [0.2, 0.25) is 5.82 Å². The molecule has 1 heterocycles. The third-order valence-corrected chi connectivity index (χ3v) is 2.93. The summed E-state index contributed by atoms with van der Waals surface area (Å²) in [6, 6.07) is 3.91. The van der Waals surface area contributed by atoms with Crippen LogP contribution in [0.2, 0.25) is 0 Å². The second-order valence-electron chi connectivity index (χ2n) is 3.42. The maximum absolute atomic E-state index is 13.5. The molecule has 0 N–H and O–H groups in total. The number of rotatable bonds is 3. The zero-order valence-corrected chi connectivity index (χ0v) is 11.3. The lowest BCUT2D eigenvalue weighted by atomic mass is 10.3. The highest BCUT2D eigenvalue weighted by Gasteiger charge is 2.13. The molecule has 0 aliphatic carbocycles. The molecule has 1 aromatic carbocycles. The van der Waals surface area contributed by atoms with Crippen molar-refractivity contribution in [3.8, 4) is 11.5 Å². The number of pyridine rings is 1. The van der Waals surface area contributed by atoms with E-state index in [1.54, 1.807) is 0 Å². The Kier molecular flexibility index (Phi) is 4.14. The van der Waals surface area contributed by atoms with Crippen LogP contribution in [0, 0.1) is 11.6 Å². The molecule has 94 valence electrons. The van der Waals surface area contributed by atoms with Gasteiger partial charge in [0.15, 0.2) is 11.6 Å². The van der Waals surface area contributed by atoms with Crippen LogP contribution in [0.3, 0.4) is 0 Å². The lowest BCUT2D eigenvalue weighted by molar-refractivity contribution is 0.413. The average Bonchev–Trinajstić information content (AvgIpc) is 2.36. The Labute approximate surface area is 116 Å². The van der Waals surface area contributed by atoms with Crippen molar-refractivity contribution in [3.05, 3.63) is 52.3 Å². The summed E-state index contributed by atoms with van der Waals surface area (Å²) in [4.78, 5) is 3.87. The van der Waals surface area contributed by atoms with Crippen LogP contribution in [0.4, 0.5) is 8.78 Å². The zero-order chi connectivity index (χ0) is 13.1. The molecule has 0 fully saturated rings. The first-order valence-electron chi connectivity index (χ1n) is 4.93. The van der Waals surface area contributed by atoms with Gasteiger partial charge in [-0.3, -0.25) is 4.98 Å². The Morgan fingerprint density at radius 3 is 2.78 bits per heavy atom. The Morgan fingerprint density at radius 2 is 2.06 bits per heavy atom. The van der Waals surface area contributed by atoms with Crippen molar-refractivity contribution in [2.45, 2.75) is 5.88 Å². The smallest absolute Gasteiger partial charge is 0.201 e. The van der Waals surface area contributed by atoms with E-state index < -0.39 is 11.6 Å². The lowest BCUT2D eigenvalue weighted by Crippen LogP contribution is -1.95. The summed E-state index contributed by atoms with van der Waals surface area (Å²) in [7, 11) is 0. The van der Waals surface area contributed by atoms with Crippen LogP contribution in [0.15, 0.2) is 35.1 Å². The molecule has 1 aromatic heterocycles. The van der Waals surface area contributed by atoms with Gasteiger partial charge in [-0.1, -0.05) is 15.9 Å². The number of nitrogens with zero attached hydrogens (tertiary/aromatic N) is 1. The van der Waals surface area contributed by atoms with Gasteiger partial charge in [-0.25, -0.2) is 4.39 Å². The van der Waals surface area contributed by atoms with Crippen molar-refractivity contribution in [2.75, 3.05) is 0 Å².